The van der Waals surface area contributed by atoms with Crippen LogP contribution in [0.15, 0.2) is 10.3 Å². The van der Waals surface area contributed by atoms with E-state index in [0.29, 0.717) is 23.2 Å². The van der Waals surface area contributed by atoms with Gasteiger partial charge >= 0.3 is 0 Å². The number of sulfonamides is 1. The molecule has 0 bridgehead atoms. The van der Waals surface area contributed by atoms with Gasteiger partial charge in [-0.1, -0.05) is 20.8 Å². The van der Waals surface area contributed by atoms with Crippen molar-refractivity contribution in [3.8, 4) is 0 Å². The zero-order valence-corrected chi connectivity index (χ0v) is 14.9. The quantitative estimate of drug-likeness (QED) is 0.926. The molecule has 0 radical (unpaired) electrons. The van der Waals surface area contributed by atoms with E-state index in [-0.39, 0.29) is 12.0 Å². The summed E-state index contributed by atoms with van der Waals surface area (Å²) < 4.78 is 27.3. The number of aryl methyl sites for hydroxylation is 1. The van der Waals surface area contributed by atoms with E-state index in [2.05, 4.69) is 20.8 Å². The first-order chi connectivity index (χ1) is 9.66. The minimum Gasteiger partial charge on any atom is -0.391 e. The highest BCUT2D eigenvalue weighted by Crippen LogP contribution is 2.36. The normalized spacial score (nSPS) is 19.1. The molecule has 1 aliphatic rings. The molecule has 0 unspecified atom stereocenters. The first-order valence-corrected chi connectivity index (χ1v) is 9.62. The van der Waals surface area contributed by atoms with Crippen LogP contribution in [0.5, 0.6) is 0 Å². The molecule has 6 heteroatoms. The third-order valence-electron chi connectivity index (χ3n) is 4.41. The summed E-state index contributed by atoms with van der Waals surface area (Å²) in [6.07, 6.45) is 1.83. The predicted octanol–water partition coefficient (Wildman–Crippen LogP) is 3.00. The monoisotopic (exact) mass is 331 g/mol. The maximum Gasteiger partial charge on any atom is 0.252 e. The van der Waals surface area contributed by atoms with Crippen LogP contribution in [0.4, 0.5) is 0 Å². The van der Waals surface area contributed by atoms with Crippen LogP contribution in [-0.2, 0) is 16.6 Å². The Bertz CT molecular complexity index is 591. The third kappa shape index (κ3) is 3.50. The number of rotatable bonds is 3. The summed E-state index contributed by atoms with van der Waals surface area (Å²) in [4.78, 5) is 0.734. The van der Waals surface area contributed by atoms with Crippen LogP contribution < -0.4 is 0 Å². The average molecular weight is 332 g/mol. The van der Waals surface area contributed by atoms with E-state index in [1.54, 1.807) is 10.4 Å². The van der Waals surface area contributed by atoms with Gasteiger partial charge in [-0.15, -0.1) is 11.3 Å². The number of piperidine rings is 1. The van der Waals surface area contributed by atoms with Gasteiger partial charge in [0.15, 0.2) is 0 Å². The Balaban J connectivity index is 2.15. The highest BCUT2D eigenvalue weighted by Gasteiger charge is 2.34. The standard InChI is InChI=1S/C15H25NO3S2/c1-11-9-14(20-13(11)10-17)21(18,19)16-7-5-12(6-8-16)15(2,3)4/h9,12,17H,5-8,10H2,1-4H3. The molecule has 1 fully saturated rings. The summed E-state index contributed by atoms with van der Waals surface area (Å²) in [5, 5.41) is 9.23. The summed E-state index contributed by atoms with van der Waals surface area (Å²) in [6.45, 7) is 9.59. The van der Waals surface area contributed by atoms with Crippen LogP contribution in [0.3, 0.4) is 0 Å². The zero-order valence-electron chi connectivity index (χ0n) is 13.2. The van der Waals surface area contributed by atoms with Gasteiger partial charge in [-0.3, -0.25) is 0 Å². The minimum absolute atomic E-state index is 0.0991. The van der Waals surface area contributed by atoms with Crippen LogP contribution >= 0.6 is 11.3 Å². The zero-order chi connectivity index (χ0) is 15.8. The maximum atomic E-state index is 12.7. The maximum absolute atomic E-state index is 12.7. The highest BCUT2D eigenvalue weighted by molar-refractivity contribution is 7.91. The van der Waals surface area contributed by atoms with Gasteiger partial charge in [0.1, 0.15) is 4.21 Å². The number of thiophene rings is 1. The van der Waals surface area contributed by atoms with Crippen molar-refractivity contribution in [2.75, 3.05) is 13.1 Å². The largest absolute Gasteiger partial charge is 0.391 e. The van der Waals surface area contributed by atoms with E-state index in [1.807, 2.05) is 6.92 Å². The van der Waals surface area contributed by atoms with Gasteiger partial charge in [0.25, 0.3) is 10.0 Å². The van der Waals surface area contributed by atoms with E-state index >= 15 is 0 Å². The minimum atomic E-state index is -3.40. The molecular formula is C15H25NO3S2. The number of hydrogen-bond acceptors (Lipinski definition) is 4. The molecule has 0 atom stereocenters. The molecule has 1 saturated heterocycles. The molecule has 4 nitrogen and oxygen atoms in total. The van der Waals surface area contributed by atoms with E-state index in [1.165, 1.54) is 11.3 Å². The molecule has 1 N–H and O–H groups in total. The number of nitrogens with zero attached hydrogens (tertiary/aromatic N) is 1. The molecule has 1 aliphatic heterocycles. The SMILES string of the molecule is Cc1cc(S(=O)(=O)N2CCC(C(C)(C)C)CC2)sc1CO. The summed E-state index contributed by atoms with van der Waals surface area (Å²) in [5.41, 5.74) is 1.09. The predicted molar refractivity (Wildman–Crippen MR) is 85.9 cm³/mol. The molecule has 1 aromatic rings. The second-order valence-corrected chi connectivity index (χ2v) is 10.2. The van der Waals surface area contributed by atoms with Crippen molar-refractivity contribution in [3.63, 3.8) is 0 Å². The van der Waals surface area contributed by atoms with Crippen molar-refractivity contribution in [2.45, 2.75) is 51.4 Å². The number of aliphatic hydroxyl groups is 1. The van der Waals surface area contributed by atoms with Gasteiger partial charge in [0.05, 0.1) is 6.61 Å². The third-order valence-corrected chi connectivity index (χ3v) is 7.98. The van der Waals surface area contributed by atoms with E-state index in [0.717, 1.165) is 23.3 Å². The van der Waals surface area contributed by atoms with Crippen LogP contribution in [0, 0.1) is 18.3 Å². The van der Waals surface area contributed by atoms with Gasteiger partial charge in [0.2, 0.25) is 0 Å². The Morgan fingerprint density at radius 1 is 1.33 bits per heavy atom. The Kier molecular flexibility index (Phi) is 4.83. The summed E-state index contributed by atoms with van der Waals surface area (Å²) >= 11 is 1.19. The van der Waals surface area contributed by atoms with E-state index in [4.69, 9.17) is 0 Å². The van der Waals surface area contributed by atoms with Crippen LogP contribution in [0.2, 0.25) is 0 Å². The van der Waals surface area contributed by atoms with Gasteiger partial charge in [-0.2, -0.15) is 4.31 Å². The van der Waals surface area contributed by atoms with Crippen molar-refractivity contribution < 1.29 is 13.5 Å². The lowest BCUT2D eigenvalue weighted by atomic mass is 9.76. The lowest BCUT2D eigenvalue weighted by molar-refractivity contribution is 0.154. The first-order valence-electron chi connectivity index (χ1n) is 7.36. The fourth-order valence-corrected chi connectivity index (χ4v) is 5.94. The van der Waals surface area contributed by atoms with Crippen molar-refractivity contribution in [1.82, 2.24) is 4.31 Å². The smallest absolute Gasteiger partial charge is 0.252 e. The topological polar surface area (TPSA) is 57.6 Å². The van der Waals surface area contributed by atoms with Crippen LogP contribution in [0.1, 0.15) is 44.1 Å². The summed E-state index contributed by atoms with van der Waals surface area (Å²) in [7, 11) is -3.40. The first kappa shape index (κ1) is 16.9. The average Bonchev–Trinajstić information content (AvgIpc) is 2.80. The molecule has 2 heterocycles. The van der Waals surface area contributed by atoms with Crippen molar-refractivity contribution in [3.05, 3.63) is 16.5 Å². The van der Waals surface area contributed by atoms with Gasteiger partial charge in [-0.25, -0.2) is 8.42 Å². The molecule has 21 heavy (non-hydrogen) atoms. The van der Waals surface area contributed by atoms with E-state index in [9.17, 15) is 13.5 Å². The Morgan fingerprint density at radius 3 is 2.33 bits per heavy atom. The molecule has 2 rings (SSSR count). The molecule has 0 spiro atoms. The molecule has 0 saturated carbocycles. The number of aliphatic hydroxyl groups excluding tert-OH is 1. The fourth-order valence-electron chi connectivity index (χ4n) is 2.86. The lowest BCUT2D eigenvalue weighted by Gasteiger charge is -2.38. The van der Waals surface area contributed by atoms with Gasteiger partial charge in [-0.05, 0) is 42.7 Å². The van der Waals surface area contributed by atoms with Crippen molar-refractivity contribution >= 4 is 21.4 Å². The molecule has 0 amide bonds. The second-order valence-electron chi connectivity index (χ2n) is 6.87. The van der Waals surface area contributed by atoms with Crippen molar-refractivity contribution in [1.29, 1.82) is 0 Å². The molecule has 120 valence electrons. The van der Waals surface area contributed by atoms with Crippen molar-refractivity contribution in [2.24, 2.45) is 11.3 Å². The van der Waals surface area contributed by atoms with Crippen LogP contribution in [0.25, 0.3) is 0 Å². The molecular weight excluding hydrogens is 306 g/mol. The highest BCUT2D eigenvalue weighted by atomic mass is 32.2. The fraction of sp³-hybridized carbons (Fsp3) is 0.733. The summed E-state index contributed by atoms with van der Waals surface area (Å²) in [5.74, 6) is 0.571. The number of hydrogen-bond donors (Lipinski definition) is 1. The van der Waals surface area contributed by atoms with Gasteiger partial charge in [0, 0.05) is 18.0 Å². The second kappa shape index (κ2) is 5.99. The van der Waals surface area contributed by atoms with Crippen LogP contribution in [-0.4, -0.2) is 30.9 Å². The molecule has 1 aromatic heterocycles. The van der Waals surface area contributed by atoms with E-state index < -0.39 is 10.0 Å². The Labute approximate surface area is 131 Å². The summed E-state index contributed by atoms with van der Waals surface area (Å²) in [6, 6.07) is 1.68. The molecule has 0 aliphatic carbocycles. The van der Waals surface area contributed by atoms with Gasteiger partial charge < -0.3 is 5.11 Å². The Morgan fingerprint density at radius 2 is 1.90 bits per heavy atom. The Hall–Kier alpha value is -0.430. The molecule has 0 aromatic carbocycles. The lowest BCUT2D eigenvalue weighted by Crippen LogP contribution is -2.41.